The first-order valence-electron chi connectivity index (χ1n) is 15.9. The molecule has 3 heteroatoms. The normalized spacial score (nSPS) is 11.8. The number of hydrogen-bond acceptors (Lipinski definition) is 3. The summed E-state index contributed by atoms with van der Waals surface area (Å²) in [4.78, 5) is 2.53. The highest BCUT2D eigenvalue weighted by Crippen LogP contribution is 2.51. The van der Waals surface area contributed by atoms with E-state index in [2.05, 4.69) is 169 Å². The zero-order valence-electron chi connectivity index (χ0n) is 25.4. The molecule has 2 heterocycles. The third kappa shape index (κ3) is 4.14. The van der Waals surface area contributed by atoms with Crippen LogP contribution in [0.2, 0.25) is 0 Å². The molecule has 0 radical (unpaired) electrons. The van der Waals surface area contributed by atoms with Gasteiger partial charge < -0.3 is 4.90 Å². The van der Waals surface area contributed by atoms with Crippen molar-refractivity contribution >= 4 is 102 Å². The van der Waals surface area contributed by atoms with Crippen molar-refractivity contribution in [2.75, 3.05) is 4.90 Å². The molecule has 0 atom stereocenters. The van der Waals surface area contributed by atoms with Gasteiger partial charge in [0.1, 0.15) is 0 Å². The molecule has 0 saturated carbocycles. The van der Waals surface area contributed by atoms with Crippen molar-refractivity contribution in [1.29, 1.82) is 0 Å². The highest BCUT2D eigenvalue weighted by molar-refractivity contribution is 7.26. The lowest BCUT2D eigenvalue weighted by molar-refractivity contribution is 1.33. The number of hydrogen-bond donors (Lipinski definition) is 0. The van der Waals surface area contributed by atoms with E-state index in [9.17, 15) is 0 Å². The quantitative estimate of drug-likeness (QED) is 0.174. The van der Waals surface area contributed by atoms with Gasteiger partial charge in [0.15, 0.2) is 0 Å². The van der Waals surface area contributed by atoms with E-state index in [-0.39, 0.29) is 0 Å². The van der Waals surface area contributed by atoms with Crippen LogP contribution in [-0.4, -0.2) is 0 Å². The van der Waals surface area contributed by atoms with Gasteiger partial charge in [-0.2, -0.15) is 0 Å². The van der Waals surface area contributed by atoms with Crippen molar-refractivity contribution < 1.29 is 0 Å². The van der Waals surface area contributed by atoms with Crippen LogP contribution >= 0.6 is 22.7 Å². The minimum absolute atomic E-state index is 1.15. The number of nitrogens with zero attached hydrogens (tertiary/aromatic N) is 1. The zero-order chi connectivity index (χ0) is 30.9. The molecule has 47 heavy (non-hydrogen) atoms. The van der Waals surface area contributed by atoms with Gasteiger partial charge in [-0.15, -0.1) is 22.7 Å². The number of fused-ring (bicyclic) bond motifs is 9. The summed E-state index contributed by atoms with van der Waals surface area (Å²) in [5, 5.41) is 10.2. The summed E-state index contributed by atoms with van der Waals surface area (Å²) in [6, 6.07) is 60.2. The minimum atomic E-state index is 1.15. The number of anilines is 3. The molecular weight excluding hydrogens is 607 g/mol. The topological polar surface area (TPSA) is 3.24 Å². The Kier molecular flexibility index (Phi) is 5.98. The molecule has 0 aliphatic carbocycles. The first-order valence-corrected chi connectivity index (χ1v) is 17.6. The standard InChI is InChI=1S/C44H27NS2/c1-2-11-28(12-3-1)33-25-26-38(43-35-16-7-9-19-40(35)47-44(33)43)45(37-17-10-20-41-42(37)34-15-6-8-18-39(34)46-41)31-24-23-30-22-21-29-13-4-5-14-32(29)36(30)27-31/h1-27H. The molecule has 0 amide bonds. The summed E-state index contributed by atoms with van der Waals surface area (Å²) in [5.74, 6) is 0. The van der Waals surface area contributed by atoms with E-state index in [0.717, 1.165) is 5.69 Å². The van der Waals surface area contributed by atoms with E-state index in [1.807, 2.05) is 22.7 Å². The predicted molar refractivity (Wildman–Crippen MR) is 207 cm³/mol. The molecule has 10 aromatic rings. The molecule has 1 nitrogen and oxygen atoms in total. The summed E-state index contributed by atoms with van der Waals surface area (Å²) in [7, 11) is 0. The van der Waals surface area contributed by atoms with E-state index < -0.39 is 0 Å². The predicted octanol–water partition coefficient (Wildman–Crippen LogP) is 13.9. The number of rotatable bonds is 4. The van der Waals surface area contributed by atoms with Gasteiger partial charge in [0.25, 0.3) is 0 Å². The summed E-state index contributed by atoms with van der Waals surface area (Å²) in [6.07, 6.45) is 0. The van der Waals surface area contributed by atoms with Crippen LogP contribution in [-0.2, 0) is 0 Å². The van der Waals surface area contributed by atoms with Crippen LogP contribution in [0.3, 0.4) is 0 Å². The number of thiophene rings is 2. The molecule has 0 spiro atoms. The summed E-state index contributed by atoms with van der Waals surface area (Å²) >= 11 is 3.76. The second-order valence-electron chi connectivity index (χ2n) is 12.1. The van der Waals surface area contributed by atoms with Crippen LogP contribution in [0.4, 0.5) is 17.1 Å². The monoisotopic (exact) mass is 633 g/mol. The molecule has 2 aromatic heterocycles. The van der Waals surface area contributed by atoms with E-state index in [1.165, 1.54) is 84.4 Å². The van der Waals surface area contributed by atoms with E-state index in [0.29, 0.717) is 0 Å². The summed E-state index contributed by atoms with van der Waals surface area (Å²) in [5.41, 5.74) is 6.06. The maximum absolute atomic E-state index is 2.53. The Labute approximate surface area is 280 Å². The van der Waals surface area contributed by atoms with Crippen molar-refractivity contribution in [2.24, 2.45) is 0 Å². The molecular formula is C44H27NS2. The molecule has 0 saturated heterocycles. The van der Waals surface area contributed by atoms with Gasteiger partial charge in [-0.05, 0) is 75.1 Å². The van der Waals surface area contributed by atoms with Crippen LogP contribution in [0.5, 0.6) is 0 Å². The fraction of sp³-hybridized carbons (Fsp3) is 0. The Morgan fingerprint density at radius 3 is 1.83 bits per heavy atom. The van der Waals surface area contributed by atoms with E-state index in [1.54, 1.807) is 0 Å². The third-order valence-corrected chi connectivity index (χ3v) is 11.8. The molecule has 0 aliphatic rings. The summed E-state index contributed by atoms with van der Waals surface area (Å²) in [6.45, 7) is 0. The van der Waals surface area contributed by atoms with Crippen LogP contribution in [0.15, 0.2) is 164 Å². The van der Waals surface area contributed by atoms with Gasteiger partial charge in [-0.25, -0.2) is 0 Å². The highest BCUT2D eigenvalue weighted by atomic mass is 32.1. The van der Waals surface area contributed by atoms with Crippen molar-refractivity contribution in [1.82, 2.24) is 0 Å². The fourth-order valence-corrected chi connectivity index (χ4v) is 9.71. The van der Waals surface area contributed by atoms with Crippen molar-refractivity contribution in [3.05, 3.63) is 164 Å². The summed E-state index contributed by atoms with van der Waals surface area (Å²) < 4.78 is 5.22. The second-order valence-corrected chi connectivity index (χ2v) is 14.2. The minimum Gasteiger partial charge on any atom is -0.309 e. The molecule has 10 rings (SSSR count). The Morgan fingerprint density at radius 2 is 1.00 bits per heavy atom. The average molecular weight is 634 g/mol. The lowest BCUT2D eigenvalue weighted by Gasteiger charge is -2.28. The van der Waals surface area contributed by atoms with Gasteiger partial charge >= 0.3 is 0 Å². The van der Waals surface area contributed by atoms with Gasteiger partial charge in [0.05, 0.1) is 11.4 Å². The molecule has 0 bridgehead atoms. The largest absolute Gasteiger partial charge is 0.309 e. The van der Waals surface area contributed by atoms with Crippen LogP contribution < -0.4 is 4.90 Å². The van der Waals surface area contributed by atoms with Crippen LogP contribution in [0.1, 0.15) is 0 Å². The maximum Gasteiger partial charge on any atom is 0.0555 e. The number of benzene rings is 8. The van der Waals surface area contributed by atoms with Crippen molar-refractivity contribution in [2.45, 2.75) is 0 Å². The van der Waals surface area contributed by atoms with E-state index in [4.69, 9.17) is 0 Å². The molecule has 8 aromatic carbocycles. The lowest BCUT2D eigenvalue weighted by Crippen LogP contribution is -2.11. The smallest absolute Gasteiger partial charge is 0.0555 e. The van der Waals surface area contributed by atoms with Gasteiger partial charge in [-0.3, -0.25) is 0 Å². The third-order valence-electron chi connectivity index (χ3n) is 9.44. The molecule has 0 N–H and O–H groups in total. The average Bonchev–Trinajstić information content (AvgIpc) is 3.72. The molecule has 0 unspecified atom stereocenters. The molecule has 0 fully saturated rings. The highest BCUT2D eigenvalue weighted by Gasteiger charge is 2.23. The maximum atomic E-state index is 2.53. The van der Waals surface area contributed by atoms with Gasteiger partial charge in [-0.1, -0.05) is 121 Å². The second kappa shape index (κ2) is 10.5. The Morgan fingerprint density at radius 1 is 0.383 bits per heavy atom. The lowest BCUT2D eigenvalue weighted by atomic mass is 9.98. The van der Waals surface area contributed by atoms with Crippen LogP contribution in [0.25, 0.3) is 73.0 Å². The molecule has 220 valence electrons. The Bertz CT molecular complexity index is 2810. The Balaban J connectivity index is 1.35. The van der Waals surface area contributed by atoms with Gasteiger partial charge in [0.2, 0.25) is 0 Å². The zero-order valence-corrected chi connectivity index (χ0v) is 27.0. The van der Waals surface area contributed by atoms with Crippen molar-refractivity contribution in [3.63, 3.8) is 0 Å². The fourth-order valence-electron chi connectivity index (χ4n) is 7.32. The SMILES string of the molecule is c1ccc(-c2ccc(N(c3ccc4ccc5ccccc5c4c3)c3cccc4sc5ccccc5c34)c3c2sc2ccccc23)cc1. The first-order chi connectivity index (χ1) is 23.3. The van der Waals surface area contributed by atoms with Crippen molar-refractivity contribution in [3.8, 4) is 11.1 Å². The molecule has 0 aliphatic heterocycles. The first kappa shape index (κ1) is 26.7. The van der Waals surface area contributed by atoms with Crippen LogP contribution in [0, 0.1) is 0 Å². The van der Waals surface area contributed by atoms with Gasteiger partial charge in [0, 0.05) is 46.0 Å². The van der Waals surface area contributed by atoms with E-state index >= 15 is 0 Å². The Hall–Kier alpha value is -5.48.